The van der Waals surface area contributed by atoms with Gasteiger partial charge in [-0.2, -0.15) is 0 Å². The van der Waals surface area contributed by atoms with E-state index in [2.05, 4.69) is 49.5 Å². The zero-order valence-electron chi connectivity index (χ0n) is 12.1. The summed E-state index contributed by atoms with van der Waals surface area (Å²) in [5.41, 5.74) is 4.87. The molecule has 2 nitrogen and oxygen atoms in total. The molecule has 1 amide bonds. The Labute approximate surface area is 120 Å². The first-order valence-electron chi connectivity index (χ1n) is 7.02. The molecule has 0 aliphatic heterocycles. The topological polar surface area (TPSA) is 29.1 Å². The summed E-state index contributed by atoms with van der Waals surface area (Å²) < 4.78 is 0. The van der Waals surface area contributed by atoms with Crippen LogP contribution in [0.4, 0.5) is 0 Å². The molecule has 0 aliphatic rings. The second-order valence-corrected chi connectivity index (χ2v) is 5.19. The monoisotopic (exact) mass is 267 g/mol. The second-order valence-electron chi connectivity index (χ2n) is 5.19. The summed E-state index contributed by atoms with van der Waals surface area (Å²) in [6, 6.07) is 16.4. The van der Waals surface area contributed by atoms with Crippen molar-refractivity contribution in [3.63, 3.8) is 0 Å². The van der Waals surface area contributed by atoms with Crippen molar-refractivity contribution in [2.24, 2.45) is 0 Å². The molecule has 2 aromatic carbocycles. The fourth-order valence-electron chi connectivity index (χ4n) is 2.23. The molecule has 0 heterocycles. The molecule has 0 aromatic heterocycles. The van der Waals surface area contributed by atoms with Crippen molar-refractivity contribution in [1.82, 2.24) is 5.32 Å². The largest absolute Gasteiger partial charge is 0.352 e. The van der Waals surface area contributed by atoms with E-state index in [0.717, 1.165) is 6.42 Å². The molecule has 0 unspecified atom stereocenters. The van der Waals surface area contributed by atoms with Crippen molar-refractivity contribution in [2.45, 2.75) is 33.2 Å². The number of carbonyl (C=O) groups excluding carboxylic acids is 1. The smallest absolute Gasteiger partial charge is 0.220 e. The first-order chi connectivity index (χ1) is 9.65. The minimum Gasteiger partial charge on any atom is -0.352 e. The van der Waals surface area contributed by atoms with Crippen LogP contribution in [-0.4, -0.2) is 5.91 Å². The lowest BCUT2D eigenvalue weighted by Gasteiger charge is -2.09. The molecule has 2 aromatic rings. The van der Waals surface area contributed by atoms with E-state index >= 15 is 0 Å². The molecule has 104 valence electrons. The van der Waals surface area contributed by atoms with Gasteiger partial charge >= 0.3 is 0 Å². The molecule has 20 heavy (non-hydrogen) atoms. The Morgan fingerprint density at radius 3 is 2.50 bits per heavy atom. The normalized spacial score (nSPS) is 10.3. The van der Waals surface area contributed by atoms with E-state index in [4.69, 9.17) is 0 Å². The van der Waals surface area contributed by atoms with Gasteiger partial charge < -0.3 is 5.32 Å². The van der Waals surface area contributed by atoms with Gasteiger partial charge in [0.15, 0.2) is 0 Å². The zero-order chi connectivity index (χ0) is 14.4. The molecule has 0 fully saturated rings. The van der Waals surface area contributed by atoms with Crippen molar-refractivity contribution in [2.75, 3.05) is 0 Å². The van der Waals surface area contributed by atoms with Crippen molar-refractivity contribution >= 4 is 5.91 Å². The summed E-state index contributed by atoms with van der Waals surface area (Å²) in [6.07, 6.45) is 1.33. The maximum Gasteiger partial charge on any atom is 0.220 e. The number of nitrogens with one attached hydrogen (secondary N) is 1. The van der Waals surface area contributed by atoms with Gasteiger partial charge in [0, 0.05) is 13.0 Å². The second kappa shape index (κ2) is 6.90. The van der Waals surface area contributed by atoms with Crippen LogP contribution in [0, 0.1) is 13.8 Å². The summed E-state index contributed by atoms with van der Waals surface area (Å²) in [5.74, 6) is 0.105. The van der Waals surface area contributed by atoms with E-state index < -0.39 is 0 Å². The average Bonchev–Trinajstić information content (AvgIpc) is 2.45. The van der Waals surface area contributed by atoms with Crippen molar-refractivity contribution < 1.29 is 4.79 Å². The van der Waals surface area contributed by atoms with E-state index in [1.165, 1.54) is 22.3 Å². The number of amides is 1. The summed E-state index contributed by atoms with van der Waals surface area (Å²) >= 11 is 0. The summed E-state index contributed by atoms with van der Waals surface area (Å²) in [7, 11) is 0. The fourth-order valence-corrected chi connectivity index (χ4v) is 2.23. The Kier molecular flexibility index (Phi) is 4.94. The van der Waals surface area contributed by atoms with Gasteiger partial charge in [-0.25, -0.2) is 0 Å². The van der Waals surface area contributed by atoms with Crippen molar-refractivity contribution in [3.05, 3.63) is 70.8 Å². The van der Waals surface area contributed by atoms with Gasteiger partial charge in [0.1, 0.15) is 0 Å². The number of hydrogen-bond acceptors (Lipinski definition) is 1. The third kappa shape index (κ3) is 4.23. The highest BCUT2D eigenvalue weighted by Crippen LogP contribution is 2.10. The van der Waals surface area contributed by atoms with E-state index in [9.17, 15) is 4.79 Å². The first-order valence-corrected chi connectivity index (χ1v) is 7.02. The Bertz CT molecular complexity index is 575. The van der Waals surface area contributed by atoms with Crippen LogP contribution in [0.15, 0.2) is 48.5 Å². The van der Waals surface area contributed by atoms with Crippen LogP contribution in [0.5, 0.6) is 0 Å². The Balaban J connectivity index is 1.80. The van der Waals surface area contributed by atoms with Crippen LogP contribution >= 0.6 is 0 Å². The SMILES string of the molecule is Cc1ccc(CNC(=O)CCc2ccccc2)c(C)c1. The van der Waals surface area contributed by atoms with Crippen LogP contribution in [-0.2, 0) is 17.8 Å². The van der Waals surface area contributed by atoms with E-state index in [1.807, 2.05) is 18.2 Å². The molecule has 2 heteroatoms. The van der Waals surface area contributed by atoms with Crippen LogP contribution in [0.1, 0.15) is 28.7 Å². The number of benzene rings is 2. The number of rotatable bonds is 5. The zero-order valence-corrected chi connectivity index (χ0v) is 12.1. The van der Waals surface area contributed by atoms with Gasteiger partial charge in [0.25, 0.3) is 0 Å². The predicted octanol–water partition coefficient (Wildman–Crippen LogP) is 3.55. The lowest BCUT2D eigenvalue weighted by atomic mass is 10.1. The average molecular weight is 267 g/mol. The molecule has 0 atom stereocenters. The van der Waals surface area contributed by atoms with Gasteiger partial charge in [0.05, 0.1) is 0 Å². The van der Waals surface area contributed by atoms with Crippen LogP contribution < -0.4 is 5.32 Å². The quantitative estimate of drug-likeness (QED) is 0.882. The highest BCUT2D eigenvalue weighted by molar-refractivity contribution is 5.76. The number of aryl methyl sites for hydroxylation is 3. The number of carbonyl (C=O) groups is 1. The minimum absolute atomic E-state index is 0.105. The standard InChI is InChI=1S/C18H21NO/c1-14-8-10-17(15(2)12-14)13-19-18(20)11-9-16-6-4-3-5-7-16/h3-8,10,12H,9,11,13H2,1-2H3,(H,19,20). The van der Waals surface area contributed by atoms with Gasteiger partial charge in [0.2, 0.25) is 5.91 Å². The summed E-state index contributed by atoms with van der Waals surface area (Å²) in [5, 5.41) is 2.99. The third-order valence-electron chi connectivity index (χ3n) is 3.46. The Hall–Kier alpha value is -2.09. The third-order valence-corrected chi connectivity index (χ3v) is 3.46. The van der Waals surface area contributed by atoms with Crippen LogP contribution in [0.2, 0.25) is 0 Å². The Morgan fingerprint density at radius 2 is 1.80 bits per heavy atom. The molecule has 0 saturated carbocycles. The van der Waals surface area contributed by atoms with Crippen LogP contribution in [0.25, 0.3) is 0 Å². The first kappa shape index (κ1) is 14.3. The Morgan fingerprint density at radius 1 is 1.05 bits per heavy atom. The highest BCUT2D eigenvalue weighted by atomic mass is 16.1. The molecule has 1 N–H and O–H groups in total. The van der Waals surface area contributed by atoms with Gasteiger partial charge in [-0.1, -0.05) is 54.1 Å². The molecule has 0 saturated heterocycles. The summed E-state index contributed by atoms with van der Waals surface area (Å²) in [6.45, 7) is 4.77. The maximum atomic E-state index is 11.9. The molecule has 0 spiro atoms. The van der Waals surface area contributed by atoms with Crippen LogP contribution in [0.3, 0.4) is 0 Å². The lowest BCUT2D eigenvalue weighted by molar-refractivity contribution is -0.121. The fraction of sp³-hybridized carbons (Fsp3) is 0.278. The molecule has 2 rings (SSSR count). The maximum absolute atomic E-state index is 11.9. The van der Waals surface area contributed by atoms with Crippen molar-refractivity contribution in [3.8, 4) is 0 Å². The molecule has 0 radical (unpaired) electrons. The summed E-state index contributed by atoms with van der Waals surface area (Å²) in [4.78, 5) is 11.9. The predicted molar refractivity (Wildman–Crippen MR) is 82.5 cm³/mol. The molecule has 0 aliphatic carbocycles. The molecule has 0 bridgehead atoms. The van der Waals surface area contributed by atoms with E-state index in [0.29, 0.717) is 13.0 Å². The minimum atomic E-state index is 0.105. The van der Waals surface area contributed by atoms with Gasteiger partial charge in [-0.3, -0.25) is 4.79 Å². The van der Waals surface area contributed by atoms with Gasteiger partial charge in [-0.05, 0) is 37.0 Å². The highest BCUT2D eigenvalue weighted by Gasteiger charge is 2.04. The lowest BCUT2D eigenvalue weighted by Crippen LogP contribution is -2.23. The van der Waals surface area contributed by atoms with Crippen molar-refractivity contribution in [1.29, 1.82) is 0 Å². The van der Waals surface area contributed by atoms with E-state index in [1.54, 1.807) is 0 Å². The van der Waals surface area contributed by atoms with Gasteiger partial charge in [-0.15, -0.1) is 0 Å². The molecular weight excluding hydrogens is 246 g/mol. The van der Waals surface area contributed by atoms with E-state index in [-0.39, 0.29) is 5.91 Å². The number of hydrogen-bond donors (Lipinski definition) is 1. The molecular formula is C18H21NO.